The number of carbonyl (C=O) groups excluding carboxylic acids is 2. The van der Waals surface area contributed by atoms with Crippen molar-refractivity contribution >= 4 is 29.6 Å². The van der Waals surface area contributed by atoms with Crippen LogP contribution in [0.5, 0.6) is 11.5 Å². The normalized spacial score (nSPS) is 15.3. The SMILES string of the molecule is CC(=O)NCc1ccc2c(c1)C=C(C(=O)Oc1cccc(Cl)c1)C(O)O2. The van der Waals surface area contributed by atoms with Crippen molar-refractivity contribution in [2.45, 2.75) is 19.8 Å². The first-order valence-electron chi connectivity index (χ1n) is 7.84. The maximum atomic E-state index is 12.4. The number of esters is 1. The molecule has 6 nitrogen and oxygen atoms in total. The van der Waals surface area contributed by atoms with E-state index in [4.69, 9.17) is 21.1 Å². The summed E-state index contributed by atoms with van der Waals surface area (Å²) >= 11 is 5.87. The van der Waals surface area contributed by atoms with Crippen molar-refractivity contribution in [2.75, 3.05) is 0 Å². The van der Waals surface area contributed by atoms with Gasteiger partial charge < -0.3 is 19.9 Å². The second-order valence-corrected chi connectivity index (χ2v) is 6.14. The van der Waals surface area contributed by atoms with Crippen LogP contribution in [0.4, 0.5) is 0 Å². The van der Waals surface area contributed by atoms with E-state index in [2.05, 4.69) is 5.32 Å². The van der Waals surface area contributed by atoms with E-state index in [9.17, 15) is 14.7 Å². The average Bonchev–Trinajstić information content (AvgIpc) is 2.59. The van der Waals surface area contributed by atoms with Crippen molar-refractivity contribution < 1.29 is 24.2 Å². The Kier molecular flexibility index (Phi) is 5.25. The van der Waals surface area contributed by atoms with Gasteiger partial charge in [-0.1, -0.05) is 23.7 Å². The quantitative estimate of drug-likeness (QED) is 0.635. The van der Waals surface area contributed by atoms with E-state index in [0.29, 0.717) is 22.9 Å². The molecule has 134 valence electrons. The fourth-order valence-corrected chi connectivity index (χ4v) is 2.61. The fraction of sp³-hybridized carbons (Fsp3) is 0.158. The lowest BCUT2D eigenvalue weighted by Gasteiger charge is -2.22. The number of fused-ring (bicyclic) bond motifs is 1. The molecule has 1 atom stereocenters. The van der Waals surface area contributed by atoms with Crippen LogP contribution >= 0.6 is 11.6 Å². The molecule has 0 bridgehead atoms. The lowest BCUT2D eigenvalue weighted by atomic mass is 10.0. The molecule has 1 aliphatic heterocycles. The largest absolute Gasteiger partial charge is 0.460 e. The molecule has 26 heavy (non-hydrogen) atoms. The van der Waals surface area contributed by atoms with Gasteiger partial charge in [0.15, 0.2) is 0 Å². The summed E-state index contributed by atoms with van der Waals surface area (Å²) in [6.45, 7) is 1.78. The number of amides is 1. The molecule has 0 fully saturated rings. The van der Waals surface area contributed by atoms with Crippen LogP contribution in [-0.2, 0) is 16.1 Å². The maximum Gasteiger partial charge on any atom is 0.345 e. The Morgan fingerprint density at radius 1 is 1.27 bits per heavy atom. The summed E-state index contributed by atoms with van der Waals surface area (Å²) in [6.07, 6.45) is 0.0728. The van der Waals surface area contributed by atoms with E-state index in [0.717, 1.165) is 5.56 Å². The first-order chi connectivity index (χ1) is 12.4. The molecule has 0 spiro atoms. The van der Waals surface area contributed by atoms with E-state index in [1.54, 1.807) is 36.4 Å². The van der Waals surface area contributed by atoms with Crippen LogP contribution in [0.3, 0.4) is 0 Å². The van der Waals surface area contributed by atoms with Gasteiger partial charge in [-0.3, -0.25) is 4.79 Å². The molecule has 1 aliphatic rings. The number of hydrogen-bond acceptors (Lipinski definition) is 5. The van der Waals surface area contributed by atoms with Crippen molar-refractivity contribution in [3.63, 3.8) is 0 Å². The van der Waals surface area contributed by atoms with Crippen LogP contribution in [0, 0.1) is 0 Å². The molecule has 2 aromatic carbocycles. The summed E-state index contributed by atoms with van der Waals surface area (Å²) in [5.74, 6) is -0.183. The van der Waals surface area contributed by atoms with E-state index in [1.807, 2.05) is 0 Å². The lowest BCUT2D eigenvalue weighted by Crippen LogP contribution is -2.29. The summed E-state index contributed by atoms with van der Waals surface area (Å²) in [4.78, 5) is 23.4. The second-order valence-electron chi connectivity index (χ2n) is 5.70. The Morgan fingerprint density at radius 3 is 2.81 bits per heavy atom. The molecule has 2 aromatic rings. The molecule has 0 radical (unpaired) electrons. The molecule has 1 unspecified atom stereocenters. The Hall–Kier alpha value is -2.83. The maximum absolute atomic E-state index is 12.4. The standard InChI is InChI=1S/C19H16ClNO5/c1-11(22)21-10-12-5-6-17-13(7-12)8-16(19(24)26-17)18(23)25-15-4-2-3-14(20)9-15/h2-9,19,24H,10H2,1H3,(H,21,22). The number of ether oxygens (including phenoxy) is 2. The number of hydrogen-bond donors (Lipinski definition) is 2. The highest BCUT2D eigenvalue weighted by Crippen LogP contribution is 2.31. The van der Waals surface area contributed by atoms with Gasteiger partial charge in [-0.2, -0.15) is 0 Å². The van der Waals surface area contributed by atoms with Crippen molar-refractivity contribution in [2.24, 2.45) is 0 Å². The van der Waals surface area contributed by atoms with Crippen LogP contribution in [0.15, 0.2) is 48.0 Å². The Balaban J connectivity index is 1.82. The lowest BCUT2D eigenvalue weighted by molar-refractivity contribution is -0.133. The van der Waals surface area contributed by atoms with Gasteiger partial charge in [-0.15, -0.1) is 0 Å². The van der Waals surface area contributed by atoms with Crippen molar-refractivity contribution in [1.82, 2.24) is 5.32 Å². The number of aliphatic hydroxyl groups is 1. The van der Waals surface area contributed by atoms with Gasteiger partial charge in [0.25, 0.3) is 0 Å². The Labute approximate surface area is 155 Å². The molecule has 3 rings (SSSR count). The zero-order valence-corrected chi connectivity index (χ0v) is 14.6. The first kappa shape index (κ1) is 18.0. The van der Waals surface area contributed by atoms with Gasteiger partial charge in [0.05, 0.1) is 0 Å². The summed E-state index contributed by atoms with van der Waals surface area (Å²) in [5.41, 5.74) is 1.41. The number of aliphatic hydroxyl groups excluding tert-OH is 1. The van der Waals surface area contributed by atoms with E-state index in [-0.39, 0.29) is 17.2 Å². The highest BCUT2D eigenvalue weighted by Gasteiger charge is 2.27. The van der Waals surface area contributed by atoms with Gasteiger partial charge in [0.2, 0.25) is 12.2 Å². The van der Waals surface area contributed by atoms with E-state index < -0.39 is 12.3 Å². The fourth-order valence-electron chi connectivity index (χ4n) is 2.43. The number of rotatable bonds is 4. The molecule has 0 saturated heterocycles. The van der Waals surface area contributed by atoms with Crippen LogP contribution in [0.25, 0.3) is 6.08 Å². The summed E-state index contributed by atoms with van der Waals surface area (Å²) in [5, 5.41) is 13.2. The summed E-state index contributed by atoms with van der Waals surface area (Å²) in [6, 6.07) is 11.6. The second kappa shape index (κ2) is 7.59. The zero-order valence-electron chi connectivity index (χ0n) is 13.9. The zero-order chi connectivity index (χ0) is 18.7. The first-order valence-corrected chi connectivity index (χ1v) is 8.21. The predicted molar refractivity (Wildman–Crippen MR) is 95.7 cm³/mol. The minimum absolute atomic E-state index is 0.0332. The van der Waals surface area contributed by atoms with Gasteiger partial charge in [0, 0.05) is 24.1 Å². The van der Waals surface area contributed by atoms with Crippen LogP contribution in [-0.4, -0.2) is 23.3 Å². The van der Waals surface area contributed by atoms with Crippen molar-refractivity contribution in [3.8, 4) is 11.5 Å². The molecule has 1 amide bonds. The molecular weight excluding hydrogens is 358 g/mol. The molecule has 0 aromatic heterocycles. The third-order valence-corrected chi connectivity index (χ3v) is 3.91. The van der Waals surface area contributed by atoms with E-state index >= 15 is 0 Å². The molecule has 0 aliphatic carbocycles. The van der Waals surface area contributed by atoms with Crippen LogP contribution in [0.2, 0.25) is 5.02 Å². The highest BCUT2D eigenvalue weighted by molar-refractivity contribution is 6.30. The minimum Gasteiger partial charge on any atom is -0.460 e. The van der Waals surface area contributed by atoms with Gasteiger partial charge in [-0.05, 0) is 42.0 Å². The molecule has 1 heterocycles. The van der Waals surface area contributed by atoms with Crippen LogP contribution in [0.1, 0.15) is 18.1 Å². The average molecular weight is 374 g/mol. The molecule has 0 saturated carbocycles. The van der Waals surface area contributed by atoms with Crippen molar-refractivity contribution in [1.29, 1.82) is 0 Å². The van der Waals surface area contributed by atoms with Crippen molar-refractivity contribution in [3.05, 3.63) is 64.2 Å². The topological polar surface area (TPSA) is 84.9 Å². The number of benzene rings is 2. The van der Waals surface area contributed by atoms with Gasteiger partial charge in [-0.25, -0.2) is 4.79 Å². The minimum atomic E-state index is -1.43. The Bertz CT molecular complexity index is 893. The Morgan fingerprint density at radius 2 is 2.08 bits per heavy atom. The number of nitrogens with one attached hydrogen (secondary N) is 1. The smallest absolute Gasteiger partial charge is 0.345 e. The third kappa shape index (κ3) is 4.22. The predicted octanol–water partition coefficient (Wildman–Crippen LogP) is 2.68. The molecular formula is C19H16ClNO5. The monoisotopic (exact) mass is 373 g/mol. The molecule has 7 heteroatoms. The third-order valence-electron chi connectivity index (χ3n) is 3.67. The van der Waals surface area contributed by atoms with Gasteiger partial charge >= 0.3 is 5.97 Å². The van der Waals surface area contributed by atoms with Gasteiger partial charge in [0.1, 0.15) is 17.1 Å². The number of carbonyl (C=O) groups is 2. The highest BCUT2D eigenvalue weighted by atomic mass is 35.5. The van der Waals surface area contributed by atoms with E-state index in [1.165, 1.54) is 19.1 Å². The summed E-state index contributed by atoms with van der Waals surface area (Å²) in [7, 11) is 0. The molecule has 2 N–H and O–H groups in total. The van der Waals surface area contributed by atoms with Crippen LogP contribution < -0.4 is 14.8 Å². The number of halogens is 1. The summed E-state index contributed by atoms with van der Waals surface area (Å²) < 4.78 is 10.6.